The van der Waals surface area contributed by atoms with E-state index in [9.17, 15) is 19.8 Å². The maximum atomic E-state index is 13.3. The first-order valence-electron chi connectivity index (χ1n) is 13.1. The third-order valence-corrected chi connectivity index (χ3v) is 9.63. The van der Waals surface area contributed by atoms with Gasteiger partial charge < -0.3 is 14.9 Å². The molecule has 2 aliphatic rings. The van der Waals surface area contributed by atoms with Crippen molar-refractivity contribution < 1.29 is 24.5 Å². The highest BCUT2D eigenvalue weighted by Crippen LogP contribution is 2.47. The number of likely N-dealkylation sites (N-methyl/N-ethyl adjacent to an activating group) is 1. The maximum Gasteiger partial charge on any atom is 0.309 e. The van der Waals surface area contributed by atoms with Crippen LogP contribution in [0.5, 0.6) is 0 Å². The van der Waals surface area contributed by atoms with E-state index in [0.29, 0.717) is 6.42 Å². The molecule has 7 nitrogen and oxygen atoms in total. The van der Waals surface area contributed by atoms with Gasteiger partial charge in [-0.15, -0.1) is 11.3 Å². The van der Waals surface area contributed by atoms with Crippen LogP contribution >= 0.6 is 11.3 Å². The molecule has 202 valence electrons. The Bertz CT molecular complexity index is 988. The van der Waals surface area contributed by atoms with Crippen LogP contribution in [0.3, 0.4) is 0 Å². The van der Waals surface area contributed by atoms with Gasteiger partial charge in [-0.25, -0.2) is 4.98 Å². The number of esters is 1. The van der Waals surface area contributed by atoms with Crippen LogP contribution in [0.2, 0.25) is 0 Å². The van der Waals surface area contributed by atoms with E-state index in [0.717, 1.165) is 35.5 Å². The van der Waals surface area contributed by atoms with Crippen LogP contribution in [0.4, 0.5) is 0 Å². The average Bonchev–Trinajstić information content (AvgIpc) is 3.08. The largest absolute Gasteiger partial charge is 0.458 e. The van der Waals surface area contributed by atoms with Crippen LogP contribution in [0.15, 0.2) is 11.0 Å². The number of fused-ring (bicyclic) bond motifs is 1. The number of aryl methyl sites for hydroxylation is 1. The molecule has 0 spiro atoms. The number of aromatic nitrogens is 1. The number of hydrogen-bond acceptors (Lipinski definition) is 8. The third kappa shape index (κ3) is 6.09. The van der Waals surface area contributed by atoms with Crippen molar-refractivity contribution in [3.8, 4) is 0 Å². The Morgan fingerprint density at radius 1 is 1.25 bits per heavy atom. The van der Waals surface area contributed by atoms with Gasteiger partial charge in [0.15, 0.2) is 0 Å². The van der Waals surface area contributed by atoms with E-state index in [2.05, 4.69) is 23.9 Å². The van der Waals surface area contributed by atoms with Crippen molar-refractivity contribution in [2.24, 2.45) is 17.3 Å². The highest BCUT2D eigenvalue weighted by molar-refractivity contribution is 7.09. The van der Waals surface area contributed by atoms with Crippen LogP contribution < -0.4 is 0 Å². The van der Waals surface area contributed by atoms with E-state index in [1.807, 2.05) is 32.2 Å². The first-order valence-corrected chi connectivity index (χ1v) is 14.0. The topological polar surface area (TPSA) is 99.7 Å². The smallest absolute Gasteiger partial charge is 0.309 e. The van der Waals surface area contributed by atoms with Gasteiger partial charge in [0.05, 0.1) is 34.7 Å². The number of ketones is 1. The van der Waals surface area contributed by atoms with Gasteiger partial charge >= 0.3 is 5.97 Å². The molecule has 2 N–H and O–H groups in total. The quantitative estimate of drug-likeness (QED) is 0.441. The zero-order chi connectivity index (χ0) is 27.0. The molecule has 8 atom stereocenters. The lowest BCUT2D eigenvalue weighted by Gasteiger charge is -2.34. The van der Waals surface area contributed by atoms with Gasteiger partial charge in [-0.05, 0) is 58.2 Å². The lowest BCUT2D eigenvalue weighted by molar-refractivity contribution is -0.154. The third-order valence-electron chi connectivity index (χ3n) is 8.83. The minimum absolute atomic E-state index is 0.00711. The Hall–Kier alpha value is -1.61. The SMILES string of the molecule is C/C(=C\c1csc(C)n1)C1CC2N(C)C2(C)CCCC(C)C(O)C(C)C(=O)C(C)(C)C(O)CC(=O)O1. The van der Waals surface area contributed by atoms with Crippen LogP contribution in [0, 0.1) is 24.2 Å². The Morgan fingerprint density at radius 3 is 2.53 bits per heavy atom. The number of thiazole rings is 1. The summed E-state index contributed by atoms with van der Waals surface area (Å²) >= 11 is 1.57. The van der Waals surface area contributed by atoms with Crippen molar-refractivity contribution in [3.05, 3.63) is 21.7 Å². The van der Waals surface area contributed by atoms with Crippen LogP contribution in [-0.2, 0) is 14.3 Å². The highest BCUT2D eigenvalue weighted by Gasteiger charge is 2.56. The fourth-order valence-electron chi connectivity index (χ4n) is 5.72. The Morgan fingerprint density at radius 2 is 1.92 bits per heavy atom. The van der Waals surface area contributed by atoms with Gasteiger partial charge in [-0.2, -0.15) is 0 Å². The molecule has 3 rings (SSSR count). The molecule has 0 radical (unpaired) electrons. The number of Topliss-reactive ketones (excluding diaryl/α,β-unsaturated/α-hetero) is 1. The number of hydrogen-bond donors (Lipinski definition) is 2. The van der Waals surface area contributed by atoms with Crippen molar-refractivity contribution in [1.82, 2.24) is 9.88 Å². The number of aliphatic hydroxyl groups excluding tert-OH is 2. The van der Waals surface area contributed by atoms with Gasteiger partial charge in [0.2, 0.25) is 0 Å². The standard InChI is InChI=1S/C28H44N2O5S/c1-16-10-9-11-28(7)22(30(28)8)13-21(17(2)12-20-15-36-19(4)29-20)35-24(32)14-23(31)27(5,6)26(34)18(3)25(16)33/h12,15-16,18,21-23,25,31,33H,9-11,13-14H2,1-8H3/b17-12+. The number of carbonyl (C=O) groups excluding carboxylic acids is 2. The van der Waals surface area contributed by atoms with Crippen molar-refractivity contribution in [1.29, 1.82) is 0 Å². The number of nitrogens with zero attached hydrogens (tertiary/aromatic N) is 2. The molecule has 1 aromatic heterocycles. The molecular formula is C28H44N2O5S. The molecule has 0 amide bonds. The summed E-state index contributed by atoms with van der Waals surface area (Å²) in [5.41, 5.74) is 0.558. The summed E-state index contributed by atoms with van der Waals surface area (Å²) in [6.45, 7) is 13.1. The van der Waals surface area contributed by atoms with Gasteiger partial charge in [-0.1, -0.05) is 34.1 Å². The second-order valence-corrected chi connectivity index (χ2v) is 12.9. The number of aliphatic hydroxyl groups is 2. The minimum atomic E-state index is -1.21. The molecule has 8 heteroatoms. The Balaban J connectivity index is 1.89. The second-order valence-electron chi connectivity index (χ2n) is 11.8. The number of carbonyl (C=O) groups is 2. The fourth-order valence-corrected chi connectivity index (χ4v) is 6.29. The van der Waals surface area contributed by atoms with Crippen molar-refractivity contribution in [3.63, 3.8) is 0 Å². The van der Waals surface area contributed by atoms with E-state index >= 15 is 0 Å². The van der Waals surface area contributed by atoms with Gasteiger partial charge in [0.25, 0.3) is 0 Å². The summed E-state index contributed by atoms with van der Waals surface area (Å²) in [4.78, 5) is 33.2. The van der Waals surface area contributed by atoms with E-state index in [-0.39, 0.29) is 29.7 Å². The van der Waals surface area contributed by atoms with Gasteiger partial charge in [0.1, 0.15) is 11.9 Å². The van der Waals surface area contributed by atoms with Crippen molar-refractivity contribution >= 4 is 29.2 Å². The van der Waals surface area contributed by atoms with E-state index in [1.54, 1.807) is 32.1 Å². The first kappa shape index (κ1) is 29.0. The van der Waals surface area contributed by atoms with Crippen LogP contribution in [0.1, 0.15) is 84.3 Å². The lowest BCUT2D eigenvalue weighted by Crippen LogP contribution is -2.45. The maximum absolute atomic E-state index is 13.3. The Labute approximate surface area is 219 Å². The zero-order valence-corrected chi connectivity index (χ0v) is 23.9. The number of rotatable bonds is 2. The van der Waals surface area contributed by atoms with Gasteiger partial charge in [0, 0.05) is 29.3 Å². The molecular weight excluding hydrogens is 476 g/mol. The summed E-state index contributed by atoms with van der Waals surface area (Å²) in [5, 5.41) is 24.8. The molecule has 0 saturated carbocycles. The van der Waals surface area contributed by atoms with E-state index in [4.69, 9.17) is 4.74 Å². The summed E-state index contributed by atoms with van der Waals surface area (Å²) in [6.07, 6.45) is 2.59. The minimum Gasteiger partial charge on any atom is -0.458 e. The number of cyclic esters (lactones) is 1. The molecule has 36 heavy (non-hydrogen) atoms. The zero-order valence-electron chi connectivity index (χ0n) is 23.1. The fraction of sp³-hybridized carbons (Fsp3) is 0.750. The van der Waals surface area contributed by atoms with Crippen LogP contribution in [0.25, 0.3) is 6.08 Å². The monoisotopic (exact) mass is 520 g/mol. The molecule has 1 aromatic rings. The normalized spacial score (nSPS) is 38.8. The van der Waals surface area contributed by atoms with E-state index in [1.165, 1.54) is 0 Å². The summed E-state index contributed by atoms with van der Waals surface area (Å²) in [7, 11) is 2.10. The predicted molar refractivity (Wildman–Crippen MR) is 143 cm³/mol. The predicted octanol–water partition coefficient (Wildman–Crippen LogP) is 4.39. The average molecular weight is 521 g/mol. The van der Waals surface area contributed by atoms with Gasteiger partial charge in [-0.3, -0.25) is 14.5 Å². The molecule has 2 fully saturated rings. The van der Waals surface area contributed by atoms with Crippen molar-refractivity contribution in [2.45, 2.75) is 110 Å². The molecule has 0 aromatic carbocycles. The first-order chi connectivity index (χ1) is 16.7. The highest BCUT2D eigenvalue weighted by atomic mass is 32.1. The summed E-state index contributed by atoms with van der Waals surface area (Å²) < 4.78 is 5.97. The molecule has 8 unspecified atom stereocenters. The molecule has 0 bridgehead atoms. The lowest BCUT2D eigenvalue weighted by atomic mass is 9.73. The number of ether oxygens (including phenoxy) is 1. The summed E-state index contributed by atoms with van der Waals surface area (Å²) in [5.74, 6) is -1.45. The molecule has 3 heterocycles. The molecule has 2 saturated heterocycles. The van der Waals surface area contributed by atoms with E-state index < -0.39 is 35.6 Å². The summed E-state index contributed by atoms with van der Waals surface area (Å²) in [6, 6.07) is 0.255. The Kier molecular flexibility index (Phi) is 8.86. The van der Waals surface area contributed by atoms with Crippen LogP contribution in [-0.4, -0.2) is 68.8 Å². The van der Waals surface area contributed by atoms with Crippen molar-refractivity contribution in [2.75, 3.05) is 7.05 Å². The second kappa shape index (κ2) is 11.0. The molecule has 0 aliphatic carbocycles. The molecule has 2 aliphatic heterocycles.